The van der Waals surface area contributed by atoms with E-state index in [1.54, 1.807) is 18.4 Å². The predicted molar refractivity (Wildman–Crippen MR) is 77.2 cm³/mol. The highest BCUT2D eigenvalue weighted by molar-refractivity contribution is 5.99. The Balaban J connectivity index is 2.73. The Morgan fingerprint density at radius 1 is 1.39 bits per heavy atom. The highest BCUT2D eigenvalue weighted by Gasteiger charge is 2.30. The first kappa shape index (κ1) is 14.7. The molecule has 1 aliphatic rings. The molecule has 1 aliphatic carbocycles. The summed E-state index contributed by atoms with van der Waals surface area (Å²) >= 11 is 0. The molecule has 0 saturated carbocycles. The number of hydrogen-bond acceptors (Lipinski definition) is 2. The van der Waals surface area contributed by atoms with Gasteiger partial charge in [0.05, 0.1) is 0 Å². The van der Waals surface area contributed by atoms with Crippen molar-refractivity contribution in [2.45, 2.75) is 33.6 Å². The molecule has 0 amide bonds. The molecule has 0 saturated heterocycles. The van der Waals surface area contributed by atoms with Crippen LogP contribution in [0.2, 0.25) is 0 Å². The predicted octanol–water partition coefficient (Wildman–Crippen LogP) is 3.57. The third-order valence-corrected chi connectivity index (χ3v) is 3.58. The second kappa shape index (κ2) is 6.03. The van der Waals surface area contributed by atoms with E-state index >= 15 is 0 Å². The van der Waals surface area contributed by atoms with Crippen molar-refractivity contribution in [3.8, 4) is 0 Å². The van der Waals surface area contributed by atoms with E-state index in [2.05, 4.69) is 32.9 Å². The van der Waals surface area contributed by atoms with Crippen LogP contribution in [0.25, 0.3) is 0 Å². The zero-order valence-corrected chi connectivity index (χ0v) is 12.2. The fourth-order valence-electron chi connectivity index (χ4n) is 2.45. The Morgan fingerprint density at radius 3 is 2.61 bits per heavy atom. The summed E-state index contributed by atoms with van der Waals surface area (Å²) in [4.78, 5) is 13.6. The molecule has 2 nitrogen and oxygen atoms in total. The zero-order valence-electron chi connectivity index (χ0n) is 12.2. The van der Waals surface area contributed by atoms with Crippen LogP contribution in [0.15, 0.2) is 36.1 Å². The van der Waals surface area contributed by atoms with Gasteiger partial charge in [-0.3, -0.25) is 4.79 Å². The summed E-state index contributed by atoms with van der Waals surface area (Å²) < 4.78 is 0. The van der Waals surface area contributed by atoms with Gasteiger partial charge >= 0.3 is 0 Å². The number of carbonyl (C=O) groups excluding carboxylic acids is 1. The standard InChI is InChI=1S/C16H25NO/c1-13-7-6-11-16(2,3)15(13)9-8-14(18)10-12-17(4)5/h7-10,12,15H,6,11H2,1-5H3/b9-8+,12-10+. The number of rotatable bonds is 4. The monoisotopic (exact) mass is 247 g/mol. The molecule has 1 unspecified atom stereocenters. The van der Waals surface area contributed by atoms with Gasteiger partial charge in [0, 0.05) is 32.3 Å². The quantitative estimate of drug-likeness (QED) is 0.559. The maximum Gasteiger partial charge on any atom is 0.179 e. The Kier molecular flexibility index (Phi) is 4.94. The molecular formula is C16H25NO. The van der Waals surface area contributed by atoms with Gasteiger partial charge in [-0.1, -0.05) is 31.6 Å². The lowest BCUT2D eigenvalue weighted by Crippen LogP contribution is -2.26. The van der Waals surface area contributed by atoms with Gasteiger partial charge in [0.2, 0.25) is 0 Å². The molecule has 2 heteroatoms. The highest BCUT2D eigenvalue weighted by Crippen LogP contribution is 2.41. The minimum Gasteiger partial charge on any atom is -0.383 e. The number of ketones is 1. The smallest absolute Gasteiger partial charge is 0.179 e. The van der Waals surface area contributed by atoms with E-state index in [1.165, 1.54) is 12.0 Å². The van der Waals surface area contributed by atoms with Crippen LogP contribution in [0.3, 0.4) is 0 Å². The van der Waals surface area contributed by atoms with E-state index in [-0.39, 0.29) is 11.2 Å². The third-order valence-electron chi connectivity index (χ3n) is 3.58. The summed E-state index contributed by atoms with van der Waals surface area (Å²) in [5.74, 6) is 0.431. The molecule has 0 radical (unpaired) electrons. The van der Waals surface area contributed by atoms with Crippen molar-refractivity contribution in [1.29, 1.82) is 0 Å². The summed E-state index contributed by atoms with van der Waals surface area (Å²) in [7, 11) is 3.81. The van der Waals surface area contributed by atoms with E-state index in [9.17, 15) is 4.79 Å². The van der Waals surface area contributed by atoms with E-state index in [0.29, 0.717) is 5.92 Å². The second-order valence-corrected chi connectivity index (χ2v) is 5.99. The maximum absolute atomic E-state index is 11.7. The van der Waals surface area contributed by atoms with Gasteiger partial charge in [-0.25, -0.2) is 0 Å². The van der Waals surface area contributed by atoms with Crippen molar-refractivity contribution < 1.29 is 4.79 Å². The average molecular weight is 247 g/mol. The van der Waals surface area contributed by atoms with Gasteiger partial charge in [0.15, 0.2) is 5.78 Å². The van der Waals surface area contributed by atoms with E-state index in [4.69, 9.17) is 0 Å². The topological polar surface area (TPSA) is 20.3 Å². The highest BCUT2D eigenvalue weighted by atomic mass is 16.1. The molecular weight excluding hydrogens is 222 g/mol. The minimum atomic E-state index is 0.0536. The first-order valence-corrected chi connectivity index (χ1v) is 6.56. The second-order valence-electron chi connectivity index (χ2n) is 5.99. The molecule has 1 rings (SSSR count). The van der Waals surface area contributed by atoms with Gasteiger partial charge in [-0.2, -0.15) is 0 Å². The van der Waals surface area contributed by atoms with E-state index < -0.39 is 0 Å². The average Bonchev–Trinajstić information content (AvgIpc) is 2.24. The molecule has 0 heterocycles. The van der Waals surface area contributed by atoms with Gasteiger partial charge in [0.1, 0.15) is 0 Å². The molecule has 100 valence electrons. The third kappa shape index (κ3) is 4.17. The van der Waals surface area contributed by atoms with Gasteiger partial charge in [-0.15, -0.1) is 0 Å². The normalized spacial score (nSPS) is 23.4. The van der Waals surface area contributed by atoms with Crippen molar-refractivity contribution in [3.63, 3.8) is 0 Å². The van der Waals surface area contributed by atoms with Crippen LogP contribution in [0.5, 0.6) is 0 Å². The van der Waals surface area contributed by atoms with Crippen molar-refractivity contribution in [3.05, 3.63) is 36.1 Å². The molecule has 0 N–H and O–H groups in total. The number of allylic oxidation sites excluding steroid dienone is 5. The van der Waals surface area contributed by atoms with Crippen LogP contribution in [0.1, 0.15) is 33.6 Å². The fraction of sp³-hybridized carbons (Fsp3) is 0.562. The lowest BCUT2D eigenvalue weighted by atomic mass is 9.68. The number of nitrogens with zero attached hydrogens (tertiary/aromatic N) is 1. The van der Waals surface area contributed by atoms with Gasteiger partial charge < -0.3 is 4.90 Å². The summed E-state index contributed by atoms with van der Waals surface area (Å²) in [5, 5.41) is 0. The van der Waals surface area contributed by atoms with Crippen LogP contribution in [-0.4, -0.2) is 24.8 Å². The lowest BCUT2D eigenvalue weighted by molar-refractivity contribution is -0.110. The largest absolute Gasteiger partial charge is 0.383 e. The zero-order chi connectivity index (χ0) is 13.8. The summed E-state index contributed by atoms with van der Waals surface area (Å²) in [5.41, 5.74) is 1.63. The molecule has 0 bridgehead atoms. The first-order valence-electron chi connectivity index (χ1n) is 6.56. The van der Waals surface area contributed by atoms with Crippen LogP contribution in [0.4, 0.5) is 0 Å². The van der Waals surface area contributed by atoms with Crippen molar-refractivity contribution in [2.24, 2.45) is 11.3 Å². The Bertz CT molecular complexity index is 386. The van der Waals surface area contributed by atoms with Crippen LogP contribution in [0, 0.1) is 11.3 Å². The minimum absolute atomic E-state index is 0.0536. The Hall–Kier alpha value is -1.31. The molecule has 0 aliphatic heterocycles. The Labute approximate surface area is 111 Å². The molecule has 0 aromatic rings. The lowest BCUT2D eigenvalue weighted by Gasteiger charge is -2.36. The van der Waals surface area contributed by atoms with Crippen LogP contribution < -0.4 is 0 Å². The van der Waals surface area contributed by atoms with E-state index in [0.717, 1.165) is 6.42 Å². The van der Waals surface area contributed by atoms with E-state index in [1.807, 2.05) is 19.0 Å². The van der Waals surface area contributed by atoms with Crippen LogP contribution in [-0.2, 0) is 4.79 Å². The summed E-state index contributed by atoms with van der Waals surface area (Å²) in [6.07, 6.45) is 11.8. The number of hydrogen-bond donors (Lipinski definition) is 0. The van der Waals surface area contributed by atoms with Crippen molar-refractivity contribution in [2.75, 3.05) is 14.1 Å². The molecule has 18 heavy (non-hydrogen) atoms. The van der Waals surface area contributed by atoms with Gasteiger partial charge in [0.25, 0.3) is 0 Å². The molecule has 0 aromatic carbocycles. The van der Waals surface area contributed by atoms with Crippen LogP contribution >= 0.6 is 0 Å². The fourth-order valence-corrected chi connectivity index (χ4v) is 2.45. The summed E-state index contributed by atoms with van der Waals surface area (Å²) in [6.45, 7) is 6.72. The van der Waals surface area contributed by atoms with Gasteiger partial charge in [-0.05, 0) is 31.3 Å². The Morgan fingerprint density at radius 2 is 2.06 bits per heavy atom. The molecule has 0 aromatic heterocycles. The number of carbonyl (C=O) groups is 1. The molecule has 0 fully saturated rings. The first-order chi connectivity index (χ1) is 8.33. The SMILES string of the molecule is CC1=CCCC(C)(C)C1/C=C/C(=O)/C=C/N(C)C. The molecule has 1 atom stereocenters. The summed E-state index contributed by atoms with van der Waals surface area (Å²) in [6, 6.07) is 0. The van der Waals surface area contributed by atoms with Crippen molar-refractivity contribution in [1.82, 2.24) is 4.90 Å². The molecule has 0 spiro atoms. The van der Waals surface area contributed by atoms with Crippen molar-refractivity contribution >= 4 is 5.78 Å². The maximum atomic E-state index is 11.7.